The first-order valence-electron chi connectivity index (χ1n) is 5.92. The van der Waals surface area contributed by atoms with Crippen LogP contribution in [0.3, 0.4) is 0 Å². The molecule has 2 heterocycles. The second-order valence-corrected chi connectivity index (χ2v) is 4.29. The predicted octanol–water partition coefficient (Wildman–Crippen LogP) is 1.86. The summed E-state index contributed by atoms with van der Waals surface area (Å²) in [6.07, 6.45) is 5.46. The van der Waals surface area contributed by atoms with Gasteiger partial charge >= 0.3 is 0 Å². The van der Waals surface area contributed by atoms with Crippen molar-refractivity contribution in [2.75, 3.05) is 6.54 Å². The van der Waals surface area contributed by atoms with E-state index in [0.717, 1.165) is 31.4 Å². The lowest BCUT2D eigenvalue weighted by molar-refractivity contribution is -0.131. The third kappa shape index (κ3) is 3.04. The summed E-state index contributed by atoms with van der Waals surface area (Å²) in [5.74, 6) is 0.220. The molecule has 0 atom stereocenters. The van der Waals surface area contributed by atoms with Crippen LogP contribution in [0.15, 0.2) is 18.3 Å². The Labute approximate surface area is 101 Å². The first-order valence-corrected chi connectivity index (χ1v) is 5.92. The SMILES string of the molecule is N#Cc1cc(CN2CCCCCC2=O)ccn1. The monoisotopic (exact) mass is 229 g/mol. The van der Waals surface area contributed by atoms with E-state index in [2.05, 4.69) is 4.98 Å². The standard InChI is InChI=1S/C13H15N3O/c14-9-12-8-11(5-6-15-12)10-16-7-3-1-2-4-13(16)17/h5-6,8H,1-4,7,10H2. The summed E-state index contributed by atoms with van der Waals surface area (Å²) >= 11 is 0. The number of likely N-dealkylation sites (tertiary alicyclic amines) is 1. The molecular weight excluding hydrogens is 214 g/mol. The Morgan fingerprint density at radius 1 is 1.41 bits per heavy atom. The Morgan fingerprint density at radius 3 is 3.12 bits per heavy atom. The molecule has 4 nitrogen and oxygen atoms in total. The topological polar surface area (TPSA) is 57.0 Å². The van der Waals surface area contributed by atoms with Gasteiger partial charge < -0.3 is 4.90 Å². The van der Waals surface area contributed by atoms with Gasteiger partial charge in [0.15, 0.2) is 0 Å². The van der Waals surface area contributed by atoms with Crippen LogP contribution in [0.2, 0.25) is 0 Å². The minimum atomic E-state index is 0.220. The van der Waals surface area contributed by atoms with Crippen LogP contribution in [-0.4, -0.2) is 22.3 Å². The van der Waals surface area contributed by atoms with Crippen molar-refractivity contribution in [1.82, 2.24) is 9.88 Å². The molecule has 17 heavy (non-hydrogen) atoms. The van der Waals surface area contributed by atoms with Gasteiger partial charge in [-0.15, -0.1) is 0 Å². The number of rotatable bonds is 2. The molecule has 0 radical (unpaired) electrons. The zero-order valence-electron chi connectivity index (χ0n) is 9.72. The van der Waals surface area contributed by atoms with Crippen LogP contribution in [0.25, 0.3) is 0 Å². The van der Waals surface area contributed by atoms with Crippen LogP contribution < -0.4 is 0 Å². The van der Waals surface area contributed by atoms with Crippen LogP contribution in [0.4, 0.5) is 0 Å². The molecular formula is C13H15N3O. The highest BCUT2D eigenvalue weighted by Gasteiger charge is 2.16. The summed E-state index contributed by atoms with van der Waals surface area (Å²) in [5.41, 5.74) is 1.39. The first kappa shape index (κ1) is 11.6. The molecule has 1 amide bonds. The largest absolute Gasteiger partial charge is 0.338 e. The van der Waals surface area contributed by atoms with E-state index in [9.17, 15) is 4.79 Å². The molecule has 0 unspecified atom stereocenters. The van der Waals surface area contributed by atoms with Crippen molar-refractivity contribution in [2.24, 2.45) is 0 Å². The van der Waals surface area contributed by atoms with E-state index in [0.29, 0.717) is 18.7 Å². The van der Waals surface area contributed by atoms with E-state index in [-0.39, 0.29) is 5.91 Å². The summed E-state index contributed by atoms with van der Waals surface area (Å²) < 4.78 is 0. The summed E-state index contributed by atoms with van der Waals surface area (Å²) in [5, 5.41) is 8.77. The summed E-state index contributed by atoms with van der Waals surface area (Å²) in [4.78, 5) is 17.6. The van der Waals surface area contributed by atoms with Gasteiger partial charge in [0.2, 0.25) is 5.91 Å². The third-order valence-electron chi connectivity index (χ3n) is 2.98. The molecule has 1 aliphatic rings. The molecule has 1 fully saturated rings. The lowest BCUT2D eigenvalue weighted by atomic mass is 10.2. The molecule has 0 N–H and O–H groups in total. The molecule has 2 rings (SSSR count). The maximum atomic E-state index is 11.8. The summed E-state index contributed by atoms with van der Waals surface area (Å²) in [6, 6.07) is 5.62. The van der Waals surface area contributed by atoms with Gasteiger partial charge in [-0.2, -0.15) is 5.26 Å². The minimum absolute atomic E-state index is 0.220. The second kappa shape index (κ2) is 5.44. The number of nitriles is 1. The molecule has 0 aliphatic carbocycles. The Hall–Kier alpha value is -1.89. The Bertz CT molecular complexity index is 450. The van der Waals surface area contributed by atoms with E-state index >= 15 is 0 Å². The van der Waals surface area contributed by atoms with Crippen molar-refractivity contribution in [2.45, 2.75) is 32.2 Å². The number of hydrogen-bond acceptors (Lipinski definition) is 3. The van der Waals surface area contributed by atoms with Crippen molar-refractivity contribution >= 4 is 5.91 Å². The van der Waals surface area contributed by atoms with Crippen LogP contribution in [0.1, 0.15) is 36.9 Å². The number of aromatic nitrogens is 1. The van der Waals surface area contributed by atoms with E-state index < -0.39 is 0 Å². The molecule has 1 saturated heterocycles. The summed E-state index contributed by atoms with van der Waals surface area (Å²) in [6.45, 7) is 1.42. The smallest absolute Gasteiger partial charge is 0.222 e. The van der Waals surface area contributed by atoms with E-state index in [1.165, 1.54) is 0 Å². The molecule has 1 aliphatic heterocycles. The van der Waals surface area contributed by atoms with Crippen molar-refractivity contribution in [3.8, 4) is 6.07 Å². The predicted molar refractivity (Wildman–Crippen MR) is 62.8 cm³/mol. The lowest BCUT2D eigenvalue weighted by Crippen LogP contribution is -2.29. The number of hydrogen-bond donors (Lipinski definition) is 0. The highest BCUT2D eigenvalue weighted by atomic mass is 16.2. The fourth-order valence-corrected chi connectivity index (χ4v) is 2.06. The van der Waals surface area contributed by atoms with Gasteiger partial charge in [0.25, 0.3) is 0 Å². The molecule has 1 aromatic heterocycles. The molecule has 4 heteroatoms. The number of carbonyl (C=O) groups excluding carboxylic acids is 1. The van der Waals surface area contributed by atoms with Crippen molar-refractivity contribution in [3.05, 3.63) is 29.6 Å². The minimum Gasteiger partial charge on any atom is -0.338 e. The number of carbonyl (C=O) groups is 1. The van der Waals surface area contributed by atoms with E-state index in [1.54, 1.807) is 12.3 Å². The van der Waals surface area contributed by atoms with Gasteiger partial charge in [-0.25, -0.2) is 4.98 Å². The van der Waals surface area contributed by atoms with Gasteiger partial charge in [0.05, 0.1) is 0 Å². The average Bonchev–Trinajstić information content (AvgIpc) is 2.55. The molecule has 88 valence electrons. The maximum absolute atomic E-state index is 11.8. The average molecular weight is 229 g/mol. The fourth-order valence-electron chi connectivity index (χ4n) is 2.06. The highest BCUT2D eigenvalue weighted by molar-refractivity contribution is 5.76. The maximum Gasteiger partial charge on any atom is 0.222 e. The normalized spacial score (nSPS) is 16.4. The third-order valence-corrected chi connectivity index (χ3v) is 2.98. The van der Waals surface area contributed by atoms with Crippen molar-refractivity contribution < 1.29 is 4.79 Å². The molecule has 0 aromatic carbocycles. The van der Waals surface area contributed by atoms with Crippen LogP contribution in [-0.2, 0) is 11.3 Å². The van der Waals surface area contributed by atoms with Crippen LogP contribution in [0, 0.1) is 11.3 Å². The highest BCUT2D eigenvalue weighted by Crippen LogP contribution is 2.14. The quantitative estimate of drug-likeness (QED) is 0.777. The zero-order valence-corrected chi connectivity index (χ0v) is 9.72. The zero-order chi connectivity index (χ0) is 12.1. The molecule has 1 aromatic rings. The van der Waals surface area contributed by atoms with E-state index in [4.69, 9.17) is 5.26 Å². The van der Waals surface area contributed by atoms with E-state index in [1.807, 2.05) is 17.0 Å². The number of amides is 1. The Kier molecular flexibility index (Phi) is 3.71. The fraction of sp³-hybridized carbons (Fsp3) is 0.462. The first-order chi connectivity index (χ1) is 8.29. The van der Waals surface area contributed by atoms with Crippen molar-refractivity contribution in [1.29, 1.82) is 5.26 Å². The van der Waals surface area contributed by atoms with Gasteiger partial charge in [0.1, 0.15) is 11.8 Å². The van der Waals surface area contributed by atoms with Gasteiger partial charge in [-0.1, -0.05) is 6.42 Å². The number of pyridine rings is 1. The molecule has 0 spiro atoms. The van der Waals surface area contributed by atoms with Gasteiger partial charge in [-0.05, 0) is 30.5 Å². The molecule has 0 bridgehead atoms. The Morgan fingerprint density at radius 2 is 2.29 bits per heavy atom. The second-order valence-electron chi connectivity index (χ2n) is 4.29. The van der Waals surface area contributed by atoms with Gasteiger partial charge in [-0.3, -0.25) is 4.79 Å². The van der Waals surface area contributed by atoms with Crippen LogP contribution in [0.5, 0.6) is 0 Å². The molecule has 0 saturated carbocycles. The number of nitrogens with zero attached hydrogens (tertiary/aromatic N) is 3. The summed E-state index contributed by atoms with van der Waals surface area (Å²) in [7, 11) is 0. The lowest BCUT2D eigenvalue weighted by Gasteiger charge is -2.20. The Balaban J connectivity index is 2.08. The van der Waals surface area contributed by atoms with Crippen molar-refractivity contribution in [3.63, 3.8) is 0 Å². The van der Waals surface area contributed by atoms with Crippen LogP contribution >= 0.6 is 0 Å². The van der Waals surface area contributed by atoms with Gasteiger partial charge in [0, 0.05) is 25.7 Å².